The lowest BCUT2D eigenvalue weighted by Crippen LogP contribution is -2.38. The molecule has 0 bridgehead atoms. The number of hydrogen-bond acceptors (Lipinski definition) is 4. The molecule has 0 saturated carbocycles. The van der Waals surface area contributed by atoms with Crippen molar-refractivity contribution in [3.05, 3.63) is 59.7 Å². The second-order valence-electron chi connectivity index (χ2n) is 5.44. The van der Waals surface area contributed by atoms with Gasteiger partial charge in [0.2, 0.25) is 0 Å². The third kappa shape index (κ3) is 2.52. The van der Waals surface area contributed by atoms with Crippen molar-refractivity contribution in [3.8, 4) is 5.75 Å². The lowest BCUT2D eigenvalue weighted by atomic mass is 10.1. The van der Waals surface area contributed by atoms with Gasteiger partial charge in [-0.2, -0.15) is 11.8 Å². The van der Waals surface area contributed by atoms with E-state index in [0.717, 1.165) is 28.5 Å². The normalized spacial score (nSPS) is 20.4. The van der Waals surface area contributed by atoms with E-state index in [1.165, 1.54) is 0 Å². The standard InChI is InChI=1S/C17H16N2O2S/c20-17-14-3-1-2-4-15(14)18-16(19-17)11-5-7-12(8-6-11)21-13-9-22-10-13/h1-8,13,16,18H,9-10H2,(H,19,20)/t16-/m0/s1. The number of ether oxygens (including phenoxy) is 1. The largest absolute Gasteiger partial charge is 0.489 e. The van der Waals surface area contributed by atoms with Gasteiger partial charge in [0.15, 0.2) is 0 Å². The molecular formula is C17H16N2O2S. The Hall–Kier alpha value is -2.14. The maximum atomic E-state index is 12.2. The summed E-state index contributed by atoms with van der Waals surface area (Å²) in [4.78, 5) is 12.2. The van der Waals surface area contributed by atoms with Gasteiger partial charge in [0, 0.05) is 17.2 Å². The summed E-state index contributed by atoms with van der Waals surface area (Å²) < 4.78 is 5.84. The zero-order chi connectivity index (χ0) is 14.9. The molecule has 1 amide bonds. The van der Waals surface area contributed by atoms with Gasteiger partial charge in [-0.05, 0) is 29.8 Å². The van der Waals surface area contributed by atoms with Crippen LogP contribution in [-0.4, -0.2) is 23.5 Å². The van der Waals surface area contributed by atoms with Crippen LogP contribution in [0.5, 0.6) is 5.75 Å². The number of fused-ring (bicyclic) bond motifs is 1. The number of thioether (sulfide) groups is 1. The van der Waals surface area contributed by atoms with Gasteiger partial charge in [-0.25, -0.2) is 0 Å². The van der Waals surface area contributed by atoms with Crippen molar-refractivity contribution in [1.29, 1.82) is 0 Å². The lowest BCUT2D eigenvalue weighted by Gasteiger charge is -2.29. The summed E-state index contributed by atoms with van der Waals surface area (Å²) in [6.07, 6.45) is 0.131. The van der Waals surface area contributed by atoms with Crippen molar-refractivity contribution in [2.75, 3.05) is 16.8 Å². The Morgan fingerprint density at radius 3 is 2.50 bits per heavy atom. The molecule has 4 nitrogen and oxygen atoms in total. The highest BCUT2D eigenvalue weighted by molar-refractivity contribution is 8.00. The minimum atomic E-state index is -0.212. The number of hydrogen-bond donors (Lipinski definition) is 2. The number of para-hydroxylation sites is 1. The van der Waals surface area contributed by atoms with Gasteiger partial charge in [0.1, 0.15) is 18.0 Å². The van der Waals surface area contributed by atoms with E-state index in [4.69, 9.17) is 4.74 Å². The molecule has 0 aromatic heterocycles. The van der Waals surface area contributed by atoms with Crippen molar-refractivity contribution in [3.63, 3.8) is 0 Å². The third-order valence-electron chi connectivity index (χ3n) is 3.87. The number of nitrogens with one attached hydrogen (secondary N) is 2. The second kappa shape index (κ2) is 5.57. The molecule has 112 valence electrons. The molecule has 1 fully saturated rings. The van der Waals surface area contributed by atoms with Crippen molar-refractivity contribution in [1.82, 2.24) is 5.32 Å². The summed E-state index contributed by atoms with van der Waals surface area (Å²) >= 11 is 1.90. The Balaban J connectivity index is 1.51. The van der Waals surface area contributed by atoms with Gasteiger partial charge >= 0.3 is 0 Å². The molecule has 1 atom stereocenters. The van der Waals surface area contributed by atoms with Gasteiger partial charge in [-0.3, -0.25) is 4.79 Å². The van der Waals surface area contributed by atoms with Crippen LogP contribution in [0.4, 0.5) is 5.69 Å². The average molecular weight is 312 g/mol. The minimum absolute atomic E-state index is 0.0498. The van der Waals surface area contributed by atoms with E-state index in [1.807, 2.05) is 60.3 Å². The van der Waals surface area contributed by atoms with Crippen LogP contribution < -0.4 is 15.4 Å². The Bertz CT molecular complexity index is 698. The van der Waals surface area contributed by atoms with Gasteiger partial charge in [-0.15, -0.1) is 0 Å². The van der Waals surface area contributed by atoms with Crippen LogP contribution in [0.3, 0.4) is 0 Å². The van der Waals surface area contributed by atoms with Gasteiger partial charge in [-0.1, -0.05) is 24.3 Å². The maximum Gasteiger partial charge on any atom is 0.255 e. The van der Waals surface area contributed by atoms with Gasteiger partial charge in [0.25, 0.3) is 5.91 Å². The number of amides is 1. The molecule has 1 saturated heterocycles. The van der Waals surface area contributed by atoms with Crippen molar-refractivity contribution in [2.45, 2.75) is 12.3 Å². The van der Waals surface area contributed by atoms with Crippen molar-refractivity contribution >= 4 is 23.4 Å². The molecule has 2 heterocycles. The van der Waals surface area contributed by atoms with E-state index in [-0.39, 0.29) is 12.1 Å². The van der Waals surface area contributed by atoms with E-state index < -0.39 is 0 Å². The smallest absolute Gasteiger partial charge is 0.255 e. The van der Waals surface area contributed by atoms with Crippen LogP contribution in [0.2, 0.25) is 0 Å². The second-order valence-corrected chi connectivity index (χ2v) is 6.52. The predicted octanol–water partition coefficient (Wildman–Crippen LogP) is 3.03. The third-order valence-corrected chi connectivity index (χ3v) is 5.09. The molecule has 2 N–H and O–H groups in total. The van der Waals surface area contributed by atoms with E-state index >= 15 is 0 Å². The molecule has 5 heteroatoms. The van der Waals surface area contributed by atoms with Crippen molar-refractivity contribution < 1.29 is 9.53 Å². The predicted molar refractivity (Wildman–Crippen MR) is 88.5 cm³/mol. The Kier molecular flexibility index (Phi) is 3.42. The average Bonchev–Trinajstić information content (AvgIpc) is 2.51. The SMILES string of the molecule is O=C1N[C@@H](c2ccc(OC3CSC3)cc2)Nc2ccccc21. The van der Waals surface area contributed by atoms with Crippen LogP contribution >= 0.6 is 11.8 Å². The molecule has 2 aromatic carbocycles. The van der Waals surface area contributed by atoms with E-state index in [9.17, 15) is 4.79 Å². The first-order valence-corrected chi connectivity index (χ1v) is 8.46. The topological polar surface area (TPSA) is 50.4 Å². The zero-order valence-corrected chi connectivity index (χ0v) is 12.7. The first-order chi connectivity index (χ1) is 10.8. The zero-order valence-electron chi connectivity index (χ0n) is 11.9. The molecular weight excluding hydrogens is 296 g/mol. The lowest BCUT2D eigenvalue weighted by molar-refractivity contribution is 0.0935. The Morgan fingerprint density at radius 2 is 1.77 bits per heavy atom. The number of carbonyl (C=O) groups excluding carboxylic acids is 1. The van der Waals surface area contributed by atoms with Gasteiger partial charge < -0.3 is 15.4 Å². The van der Waals surface area contributed by atoms with Gasteiger partial charge in [0.05, 0.1) is 5.56 Å². The first kappa shape index (κ1) is 13.5. The monoisotopic (exact) mass is 312 g/mol. The van der Waals surface area contributed by atoms with Crippen LogP contribution in [0.25, 0.3) is 0 Å². The fraction of sp³-hybridized carbons (Fsp3) is 0.235. The summed E-state index contributed by atoms with van der Waals surface area (Å²) in [6.45, 7) is 0. The van der Waals surface area contributed by atoms with Crippen LogP contribution in [0.1, 0.15) is 22.1 Å². The maximum absolute atomic E-state index is 12.2. The number of carbonyl (C=O) groups is 1. The van der Waals surface area contributed by atoms with Crippen LogP contribution in [-0.2, 0) is 0 Å². The quantitative estimate of drug-likeness (QED) is 0.914. The summed E-state index contributed by atoms with van der Waals surface area (Å²) in [5, 5.41) is 6.33. The molecule has 0 spiro atoms. The molecule has 22 heavy (non-hydrogen) atoms. The summed E-state index contributed by atoms with van der Waals surface area (Å²) in [5.41, 5.74) is 2.56. The fourth-order valence-electron chi connectivity index (χ4n) is 2.59. The highest BCUT2D eigenvalue weighted by Crippen LogP contribution is 2.28. The molecule has 0 aliphatic carbocycles. The Labute approximate surface area is 133 Å². The van der Waals surface area contributed by atoms with Crippen molar-refractivity contribution in [2.24, 2.45) is 0 Å². The number of rotatable bonds is 3. The molecule has 2 aromatic rings. The molecule has 0 radical (unpaired) electrons. The van der Waals surface area contributed by atoms with Crippen LogP contribution in [0.15, 0.2) is 48.5 Å². The highest BCUT2D eigenvalue weighted by atomic mass is 32.2. The van der Waals surface area contributed by atoms with E-state index in [1.54, 1.807) is 0 Å². The van der Waals surface area contributed by atoms with Crippen LogP contribution in [0, 0.1) is 0 Å². The molecule has 2 aliphatic rings. The number of benzene rings is 2. The molecule has 0 unspecified atom stereocenters. The van der Waals surface area contributed by atoms with E-state index in [0.29, 0.717) is 11.7 Å². The Morgan fingerprint density at radius 1 is 1.00 bits per heavy atom. The summed E-state index contributed by atoms with van der Waals surface area (Å²) in [5.74, 6) is 2.97. The number of anilines is 1. The molecule has 4 rings (SSSR count). The first-order valence-electron chi connectivity index (χ1n) is 7.30. The summed E-state index contributed by atoms with van der Waals surface area (Å²) in [6, 6.07) is 15.5. The minimum Gasteiger partial charge on any atom is -0.489 e. The van der Waals surface area contributed by atoms with E-state index in [2.05, 4.69) is 10.6 Å². The summed E-state index contributed by atoms with van der Waals surface area (Å²) in [7, 11) is 0. The fourth-order valence-corrected chi connectivity index (χ4v) is 3.15. The molecule has 2 aliphatic heterocycles. The highest BCUT2D eigenvalue weighted by Gasteiger charge is 2.24.